The first-order chi connectivity index (χ1) is 18.9. The summed E-state index contributed by atoms with van der Waals surface area (Å²) in [4.78, 5) is 11.5. The molecule has 0 saturated heterocycles. The molecule has 41 heavy (non-hydrogen) atoms. The van der Waals surface area contributed by atoms with Crippen LogP contribution in [0.25, 0.3) is 0 Å². The number of rotatable bonds is 8. The number of alkyl halides is 6. The van der Waals surface area contributed by atoms with Crippen molar-refractivity contribution in [2.45, 2.75) is 40.6 Å². The molecular weight excluding hydrogens is 593 g/mol. The minimum Gasteiger partial charge on any atom is -0.369 e. The molecule has 0 radical (unpaired) electrons. The number of benzene rings is 3. The van der Waals surface area contributed by atoms with Crippen molar-refractivity contribution in [3.8, 4) is 0 Å². The molecular formula is C26H18F9NO4S. The highest BCUT2D eigenvalue weighted by Gasteiger charge is 2.74. The standard InChI is InChI=1S/C26H18F9NO4S/c27-16-8-10-17(11-9-16)41(38,39)23(12-19(23)22(36)37)14-4-6-15(7-5-14)24(25(30,31)32,26(33,34)35)40-13-18-20(28)2-1-3-21(18)29/h1-11,19H,12-13H2,(H2,36,37)/t19-,23-/m1/s1. The number of ether oxygens (including phenoxy) is 1. The van der Waals surface area contributed by atoms with Crippen LogP contribution in [0.2, 0.25) is 0 Å². The Hall–Kier alpha value is -3.59. The lowest BCUT2D eigenvalue weighted by Gasteiger charge is -2.37. The van der Waals surface area contributed by atoms with Gasteiger partial charge in [0.1, 0.15) is 22.2 Å². The fourth-order valence-corrected chi connectivity index (χ4v) is 6.98. The first-order valence-electron chi connectivity index (χ1n) is 11.5. The molecule has 2 N–H and O–H groups in total. The molecule has 0 unspecified atom stereocenters. The predicted octanol–water partition coefficient (Wildman–Crippen LogP) is 5.82. The summed E-state index contributed by atoms with van der Waals surface area (Å²) < 4.78 is 156. The van der Waals surface area contributed by atoms with E-state index in [9.17, 15) is 52.7 Å². The van der Waals surface area contributed by atoms with Crippen molar-refractivity contribution in [3.63, 3.8) is 0 Å². The molecule has 4 rings (SSSR count). The van der Waals surface area contributed by atoms with Gasteiger partial charge in [0.05, 0.1) is 17.4 Å². The maximum absolute atomic E-state index is 14.2. The molecule has 2 atom stereocenters. The number of carbonyl (C=O) groups excluding carboxylic acids is 1. The van der Waals surface area contributed by atoms with Gasteiger partial charge in [0, 0.05) is 11.1 Å². The maximum Gasteiger partial charge on any atom is 0.430 e. The number of hydrogen-bond acceptors (Lipinski definition) is 4. The van der Waals surface area contributed by atoms with Crippen LogP contribution in [-0.4, -0.2) is 26.7 Å². The van der Waals surface area contributed by atoms with Crippen LogP contribution in [0.5, 0.6) is 0 Å². The summed E-state index contributed by atoms with van der Waals surface area (Å²) in [5, 5.41) is 0. The molecule has 1 saturated carbocycles. The topological polar surface area (TPSA) is 86.5 Å². The number of nitrogens with two attached hydrogens (primary N) is 1. The summed E-state index contributed by atoms with van der Waals surface area (Å²) in [6.07, 6.45) is -12.9. The highest BCUT2D eigenvalue weighted by molar-refractivity contribution is 7.92. The van der Waals surface area contributed by atoms with Crippen molar-refractivity contribution < 1.29 is 57.5 Å². The third kappa shape index (κ3) is 4.84. The van der Waals surface area contributed by atoms with Gasteiger partial charge in [-0.2, -0.15) is 26.3 Å². The normalized spacial score (nSPS) is 19.7. The summed E-state index contributed by atoms with van der Waals surface area (Å²) in [7, 11) is -4.58. The number of hydrogen-bond donors (Lipinski definition) is 1. The van der Waals surface area contributed by atoms with Gasteiger partial charge < -0.3 is 10.5 Å². The Bertz CT molecular complexity index is 1540. The summed E-state index contributed by atoms with van der Waals surface area (Å²) in [5.41, 5.74) is -2.93. The van der Waals surface area contributed by atoms with Crippen molar-refractivity contribution >= 4 is 15.7 Å². The van der Waals surface area contributed by atoms with Gasteiger partial charge in [0.25, 0.3) is 5.60 Å². The van der Waals surface area contributed by atoms with Gasteiger partial charge in [0.2, 0.25) is 5.91 Å². The van der Waals surface area contributed by atoms with Crippen molar-refractivity contribution in [3.05, 3.63) is 101 Å². The van der Waals surface area contributed by atoms with E-state index in [0.717, 1.165) is 30.3 Å². The zero-order chi connectivity index (χ0) is 30.6. The van der Waals surface area contributed by atoms with Gasteiger partial charge in [-0.1, -0.05) is 30.3 Å². The second kappa shape index (κ2) is 10.0. The van der Waals surface area contributed by atoms with Gasteiger partial charge in [-0.3, -0.25) is 4.79 Å². The highest BCUT2D eigenvalue weighted by Crippen LogP contribution is 2.61. The van der Waals surface area contributed by atoms with Crippen LogP contribution in [0.4, 0.5) is 39.5 Å². The molecule has 0 spiro atoms. The van der Waals surface area contributed by atoms with Gasteiger partial charge in [-0.05, 0) is 48.4 Å². The molecule has 1 fully saturated rings. The Kier molecular flexibility index (Phi) is 7.44. The van der Waals surface area contributed by atoms with E-state index in [-0.39, 0.29) is 5.56 Å². The van der Waals surface area contributed by atoms with E-state index in [0.29, 0.717) is 36.4 Å². The first-order valence-corrected chi connectivity index (χ1v) is 13.0. The van der Waals surface area contributed by atoms with Crippen molar-refractivity contribution in [1.82, 2.24) is 0 Å². The Morgan fingerprint density at radius 2 is 1.37 bits per heavy atom. The van der Waals surface area contributed by atoms with Gasteiger partial charge in [-0.25, -0.2) is 21.6 Å². The van der Waals surface area contributed by atoms with Crippen LogP contribution in [0.3, 0.4) is 0 Å². The van der Waals surface area contributed by atoms with E-state index < -0.39 is 90.9 Å². The lowest BCUT2D eigenvalue weighted by Crippen LogP contribution is -2.56. The molecule has 1 amide bonds. The second-order valence-electron chi connectivity index (χ2n) is 9.25. The zero-order valence-electron chi connectivity index (χ0n) is 20.4. The minimum atomic E-state index is -6.22. The van der Waals surface area contributed by atoms with E-state index in [1.54, 1.807) is 0 Å². The zero-order valence-corrected chi connectivity index (χ0v) is 21.2. The van der Waals surface area contributed by atoms with E-state index in [2.05, 4.69) is 4.74 Å². The molecule has 1 aliphatic rings. The van der Waals surface area contributed by atoms with E-state index >= 15 is 0 Å². The third-order valence-corrected chi connectivity index (χ3v) is 9.47. The molecule has 5 nitrogen and oxygen atoms in total. The number of carbonyl (C=O) groups is 1. The van der Waals surface area contributed by atoms with Crippen molar-refractivity contribution in [2.24, 2.45) is 11.7 Å². The van der Waals surface area contributed by atoms with Crippen LogP contribution in [0.15, 0.2) is 71.6 Å². The van der Waals surface area contributed by atoms with E-state index in [1.807, 2.05) is 0 Å². The van der Waals surface area contributed by atoms with Gasteiger partial charge in [-0.15, -0.1) is 0 Å². The van der Waals surface area contributed by atoms with E-state index in [1.165, 1.54) is 0 Å². The van der Waals surface area contributed by atoms with Crippen LogP contribution in [0.1, 0.15) is 23.1 Å². The second-order valence-corrected chi connectivity index (χ2v) is 11.5. The summed E-state index contributed by atoms with van der Waals surface area (Å²) >= 11 is 0. The molecule has 0 bridgehead atoms. The first kappa shape index (κ1) is 30.4. The van der Waals surface area contributed by atoms with Crippen LogP contribution >= 0.6 is 0 Å². The molecule has 1 aliphatic carbocycles. The van der Waals surface area contributed by atoms with Crippen LogP contribution in [-0.2, 0) is 36.3 Å². The third-order valence-electron chi connectivity index (χ3n) is 6.93. The molecule has 0 heterocycles. The largest absolute Gasteiger partial charge is 0.430 e. The van der Waals surface area contributed by atoms with Crippen molar-refractivity contribution in [1.29, 1.82) is 0 Å². The Morgan fingerprint density at radius 3 is 1.80 bits per heavy atom. The fraction of sp³-hybridized carbons (Fsp3) is 0.269. The molecule has 3 aromatic carbocycles. The van der Waals surface area contributed by atoms with Crippen molar-refractivity contribution in [2.75, 3.05) is 0 Å². The molecule has 220 valence electrons. The lowest BCUT2D eigenvalue weighted by molar-refractivity contribution is -0.392. The van der Waals surface area contributed by atoms with E-state index in [4.69, 9.17) is 5.73 Å². The monoisotopic (exact) mass is 611 g/mol. The molecule has 15 heteroatoms. The SMILES string of the molecule is NC(=O)[C@H]1C[C@]1(c1ccc(C(OCc2c(F)cccc2F)(C(F)(F)F)C(F)(F)F)cc1)S(=O)(=O)c1ccc(F)cc1. The molecule has 0 aromatic heterocycles. The number of amides is 1. The Balaban J connectivity index is 1.83. The Morgan fingerprint density at radius 1 is 0.854 bits per heavy atom. The quantitative estimate of drug-likeness (QED) is 0.257. The molecule has 0 aliphatic heterocycles. The lowest BCUT2D eigenvalue weighted by atomic mass is 9.90. The fourth-order valence-electron chi connectivity index (χ4n) is 4.74. The van der Waals surface area contributed by atoms with Gasteiger partial charge in [0.15, 0.2) is 9.84 Å². The average molecular weight is 611 g/mol. The molecule has 3 aromatic rings. The van der Waals surface area contributed by atoms with Crippen LogP contribution in [0, 0.1) is 23.4 Å². The number of primary amides is 1. The smallest absolute Gasteiger partial charge is 0.369 e. The summed E-state index contributed by atoms with van der Waals surface area (Å²) in [6.45, 7) is -1.77. The number of sulfone groups is 1. The average Bonchev–Trinajstić information content (AvgIpc) is 3.63. The number of halogens is 9. The Labute approximate surface area is 226 Å². The highest BCUT2D eigenvalue weighted by atomic mass is 32.2. The minimum absolute atomic E-state index is 0.298. The maximum atomic E-state index is 14.2. The van der Waals surface area contributed by atoms with Gasteiger partial charge >= 0.3 is 12.4 Å². The summed E-state index contributed by atoms with van der Waals surface area (Å²) in [6, 6.07) is 7.33. The summed E-state index contributed by atoms with van der Waals surface area (Å²) in [5.74, 6) is -6.19. The predicted molar refractivity (Wildman–Crippen MR) is 124 cm³/mol. The van der Waals surface area contributed by atoms with Crippen LogP contribution < -0.4 is 5.73 Å².